The smallest absolute Gasteiger partial charge is 0.155 e. The van der Waals surface area contributed by atoms with E-state index >= 15 is 0 Å². The van der Waals surface area contributed by atoms with Crippen LogP contribution in [0, 0.1) is 0 Å². The second kappa shape index (κ2) is 7.98. The van der Waals surface area contributed by atoms with Crippen molar-refractivity contribution in [3.05, 3.63) is 36.2 Å². The number of pyridine rings is 1. The molecule has 0 amide bonds. The van der Waals surface area contributed by atoms with E-state index in [4.69, 9.17) is 15.6 Å². The maximum Gasteiger partial charge on any atom is 0.155 e. The first-order chi connectivity index (χ1) is 13.6. The molecule has 0 unspecified atom stereocenters. The van der Waals surface area contributed by atoms with E-state index in [0.29, 0.717) is 30.1 Å². The molecule has 0 atom stereocenters. The molecule has 1 saturated carbocycles. The number of nitrogens with zero attached hydrogens (tertiary/aromatic N) is 3. The largest absolute Gasteiger partial charge is 0.507 e. The minimum absolute atomic E-state index is 0.0359. The van der Waals surface area contributed by atoms with E-state index < -0.39 is 0 Å². The van der Waals surface area contributed by atoms with E-state index in [1.165, 1.54) is 19.3 Å². The van der Waals surface area contributed by atoms with Crippen molar-refractivity contribution < 1.29 is 14.9 Å². The zero-order valence-electron chi connectivity index (χ0n) is 15.6. The predicted molar refractivity (Wildman–Crippen MR) is 107 cm³/mol. The topological polar surface area (TPSA) is 114 Å². The van der Waals surface area contributed by atoms with E-state index in [1.54, 1.807) is 18.5 Å². The highest BCUT2D eigenvalue weighted by Gasteiger charge is 2.21. The quantitative estimate of drug-likeness (QED) is 0.594. The highest BCUT2D eigenvalue weighted by Crippen LogP contribution is 2.41. The van der Waals surface area contributed by atoms with E-state index in [-0.39, 0.29) is 11.9 Å². The van der Waals surface area contributed by atoms with Crippen molar-refractivity contribution in [2.45, 2.75) is 44.6 Å². The Labute approximate surface area is 163 Å². The number of aliphatic hydroxyl groups is 1. The molecule has 3 heterocycles. The van der Waals surface area contributed by atoms with Crippen LogP contribution >= 0.6 is 0 Å². The molecular weight excluding hydrogens is 356 g/mol. The number of fused-ring (bicyclic) bond motifs is 2. The molecule has 0 radical (unpaired) electrons. The van der Waals surface area contributed by atoms with Gasteiger partial charge in [-0.1, -0.05) is 19.3 Å². The van der Waals surface area contributed by atoms with Crippen LogP contribution in [0.3, 0.4) is 0 Å². The van der Waals surface area contributed by atoms with Crippen LogP contribution in [0.4, 0.5) is 5.82 Å². The Morgan fingerprint density at radius 3 is 2.61 bits per heavy atom. The molecule has 146 valence electrons. The fourth-order valence-corrected chi connectivity index (χ4v) is 3.75. The summed E-state index contributed by atoms with van der Waals surface area (Å²) in [6.45, 7) is 0.588. The normalized spacial score (nSPS) is 16.2. The second-order valence-electron chi connectivity index (χ2n) is 7.18. The number of phenolic OH excluding ortho intramolecular Hbond substituents is 1. The Kier molecular flexibility index (Phi) is 5.25. The molecule has 1 aliphatic heterocycles. The maximum absolute atomic E-state index is 10.5. The van der Waals surface area contributed by atoms with Crippen LogP contribution in [-0.2, 0) is 6.42 Å². The SMILES string of the molecule is Nc1nnc(-c2ccc3c(c2O)CCO3)c2ccncc12.OC1CCCCC1. The lowest BCUT2D eigenvalue weighted by atomic mass is 9.98. The Morgan fingerprint density at radius 2 is 1.86 bits per heavy atom. The highest BCUT2D eigenvalue weighted by molar-refractivity contribution is 6.00. The molecule has 1 aromatic carbocycles. The number of phenols is 1. The van der Waals surface area contributed by atoms with Gasteiger partial charge in [0.15, 0.2) is 5.82 Å². The first-order valence-electron chi connectivity index (χ1n) is 9.67. The van der Waals surface area contributed by atoms with Gasteiger partial charge < -0.3 is 20.7 Å². The van der Waals surface area contributed by atoms with Crippen molar-refractivity contribution in [3.8, 4) is 22.8 Å². The average molecular weight is 380 g/mol. The van der Waals surface area contributed by atoms with Crippen LogP contribution in [0.1, 0.15) is 37.7 Å². The number of aliphatic hydroxyl groups excluding tert-OH is 1. The summed E-state index contributed by atoms with van der Waals surface area (Å²) in [7, 11) is 0. The number of nitrogen functional groups attached to an aromatic ring is 1. The number of benzene rings is 1. The molecule has 5 rings (SSSR count). The first kappa shape index (κ1) is 18.4. The lowest BCUT2D eigenvalue weighted by Crippen LogP contribution is -2.09. The fraction of sp³-hybridized carbons (Fsp3) is 0.381. The summed E-state index contributed by atoms with van der Waals surface area (Å²) in [6.07, 6.45) is 9.93. The molecule has 2 aliphatic rings. The predicted octanol–water partition coefficient (Wildman–Crippen LogP) is 3.23. The number of anilines is 1. The zero-order chi connectivity index (χ0) is 19.5. The molecular formula is C21H24N4O3. The van der Waals surface area contributed by atoms with Crippen molar-refractivity contribution in [1.29, 1.82) is 0 Å². The van der Waals surface area contributed by atoms with Crippen molar-refractivity contribution in [2.75, 3.05) is 12.3 Å². The monoisotopic (exact) mass is 380 g/mol. The van der Waals surface area contributed by atoms with E-state index in [0.717, 1.165) is 34.9 Å². The zero-order valence-corrected chi connectivity index (χ0v) is 15.6. The molecule has 2 aromatic heterocycles. The number of aromatic hydroxyl groups is 1. The lowest BCUT2D eigenvalue weighted by Gasteiger charge is -2.14. The molecule has 1 fully saturated rings. The van der Waals surface area contributed by atoms with Crippen LogP contribution in [0.15, 0.2) is 30.6 Å². The first-order valence-corrected chi connectivity index (χ1v) is 9.67. The summed E-state index contributed by atoms with van der Waals surface area (Å²) < 4.78 is 5.45. The van der Waals surface area contributed by atoms with Gasteiger partial charge in [0.25, 0.3) is 0 Å². The van der Waals surface area contributed by atoms with Crippen LogP contribution in [0.5, 0.6) is 11.5 Å². The van der Waals surface area contributed by atoms with Gasteiger partial charge in [-0.3, -0.25) is 4.98 Å². The van der Waals surface area contributed by atoms with E-state index in [9.17, 15) is 5.11 Å². The average Bonchev–Trinajstić information content (AvgIpc) is 3.20. The summed E-state index contributed by atoms with van der Waals surface area (Å²) in [4.78, 5) is 4.06. The Hall–Kier alpha value is -2.93. The number of nitrogens with two attached hydrogens (primary N) is 1. The van der Waals surface area contributed by atoms with Crippen LogP contribution < -0.4 is 10.5 Å². The third-order valence-electron chi connectivity index (χ3n) is 5.29. The number of ether oxygens (including phenoxy) is 1. The number of rotatable bonds is 1. The fourth-order valence-electron chi connectivity index (χ4n) is 3.75. The Balaban J connectivity index is 0.000000233. The number of hydrogen-bond acceptors (Lipinski definition) is 7. The van der Waals surface area contributed by atoms with Crippen LogP contribution in [0.25, 0.3) is 22.0 Å². The van der Waals surface area contributed by atoms with Crippen molar-refractivity contribution >= 4 is 16.6 Å². The molecule has 0 bridgehead atoms. The number of aromatic nitrogens is 3. The standard InChI is InChI=1S/C15H12N4O2.C6H12O/c16-15-11-7-17-5-3-8(11)13(18-19-15)10-1-2-12-9(14(10)20)4-6-21-12;7-6-4-2-1-3-5-6/h1-3,5,7,20H,4,6H2,(H2,16,19);6-7H,1-5H2. The van der Waals surface area contributed by atoms with Gasteiger partial charge in [0.1, 0.15) is 17.2 Å². The summed E-state index contributed by atoms with van der Waals surface area (Å²) in [6, 6.07) is 5.46. The molecule has 28 heavy (non-hydrogen) atoms. The summed E-state index contributed by atoms with van der Waals surface area (Å²) in [5, 5.41) is 29.1. The second-order valence-corrected chi connectivity index (χ2v) is 7.18. The van der Waals surface area contributed by atoms with Gasteiger partial charge in [0, 0.05) is 40.7 Å². The van der Waals surface area contributed by atoms with Crippen LogP contribution in [0.2, 0.25) is 0 Å². The van der Waals surface area contributed by atoms with Gasteiger partial charge in [0.05, 0.1) is 12.7 Å². The molecule has 1 aliphatic carbocycles. The van der Waals surface area contributed by atoms with E-state index in [2.05, 4.69) is 15.2 Å². The number of hydrogen-bond donors (Lipinski definition) is 3. The highest BCUT2D eigenvalue weighted by atomic mass is 16.5. The van der Waals surface area contributed by atoms with Crippen LogP contribution in [-0.4, -0.2) is 38.1 Å². The van der Waals surface area contributed by atoms with Crippen molar-refractivity contribution in [3.63, 3.8) is 0 Å². The van der Waals surface area contributed by atoms with E-state index in [1.807, 2.05) is 12.1 Å². The minimum atomic E-state index is 0.0359. The summed E-state index contributed by atoms with van der Waals surface area (Å²) >= 11 is 0. The lowest BCUT2D eigenvalue weighted by molar-refractivity contribution is 0.130. The van der Waals surface area contributed by atoms with Crippen molar-refractivity contribution in [2.24, 2.45) is 0 Å². The molecule has 7 heteroatoms. The maximum atomic E-state index is 10.5. The van der Waals surface area contributed by atoms with Gasteiger partial charge in [-0.05, 0) is 31.0 Å². The van der Waals surface area contributed by atoms with Gasteiger partial charge in [-0.2, -0.15) is 0 Å². The summed E-state index contributed by atoms with van der Waals surface area (Å²) in [5.74, 6) is 1.25. The van der Waals surface area contributed by atoms with Crippen molar-refractivity contribution in [1.82, 2.24) is 15.2 Å². The third-order valence-corrected chi connectivity index (χ3v) is 5.29. The molecule has 0 saturated heterocycles. The molecule has 7 nitrogen and oxygen atoms in total. The molecule has 0 spiro atoms. The minimum Gasteiger partial charge on any atom is -0.507 e. The Bertz CT molecular complexity index is 987. The molecule has 3 aromatic rings. The molecule has 4 N–H and O–H groups in total. The van der Waals surface area contributed by atoms with Gasteiger partial charge in [-0.15, -0.1) is 10.2 Å². The third kappa shape index (κ3) is 3.57. The summed E-state index contributed by atoms with van der Waals surface area (Å²) in [5.41, 5.74) is 7.87. The van der Waals surface area contributed by atoms with Gasteiger partial charge in [-0.25, -0.2) is 0 Å². The van der Waals surface area contributed by atoms with Gasteiger partial charge in [0.2, 0.25) is 0 Å². The van der Waals surface area contributed by atoms with Gasteiger partial charge >= 0.3 is 0 Å². The Morgan fingerprint density at radius 1 is 1.04 bits per heavy atom.